The Morgan fingerprint density at radius 2 is 1.94 bits per heavy atom. The molecule has 1 amide bonds. The summed E-state index contributed by atoms with van der Waals surface area (Å²) < 4.78 is 6.08. The average molecular weight is 374 g/mol. The number of carbonyl (C=O) groups is 1. The van der Waals surface area contributed by atoms with Gasteiger partial charge in [0.15, 0.2) is 3.77 Å². The molecule has 0 unspecified atom stereocenters. The van der Waals surface area contributed by atoms with Crippen LogP contribution >= 0.6 is 34.2 Å². The maximum Gasteiger partial charge on any atom is 0.248 e. The summed E-state index contributed by atoms with van der Waals surface area (Å²) in [4.78, 5) is 11.6. The van der Waals surface area contributed by atoms with Crippen LogP contribution in [0.2, 0.25) is 5.02 Å². The SMILES string of the molecule is O=C(/C=C/c1ccc(I)o1)Nc1ccc(Cl)cc1. The van der Waals surface area contributed by atoms with Crippen LogP contribution in [-0.2, 0) is 4.79 Å². The summed E-state index contributed by atoms with van der Waals surface area (Å²) in [6.45, 7) is 0. The fourth-order valence-corrected chi connectivity index (χ4v) is 1.85. The van der Waals surface area contributed by atoms with Crippen LogP contribution in [0, 0.1) is 3.77 Å². The Kier molecular flexibility index (Phi) is 4.43. The third-order valence-electron chi connectivity index (χ3n) is 2.10. The van der Waals surface area contributed by atoms with Crippen molar-refractivity contribution in [2.75, 3.05) is 5.32 Å². The van der Waals surface area contributed by atoms with Crippen LogP contribution in [0.15, 0.2) is 46.9 Å². The first-order chi connectivity index (χ1) is 8.63. The number of amides is 1. The normalized spacial score (nSPS) is 10.8. The zero-order valence-electron chi connectivity index (χ0n) is 9.19. The quantitative estimate of drug-likeness (QED) is 0.647. The van der Waals surface area contributed by atoms with E-state index < -0.39 is 0 Å². The second-order valence-corrected chi connectivity index (χ2v) is 4.97. The molecule has 1 N–H and O–H groups in total. The molecule has 3 nitrogen and oxygen atoms in total. The number of rotatable bonds is 3. The van der Waals surface area contributed by atoms with Crippen molar-refractivity contribution in [2.24, 2.45) is 0 Å². The molecule has 0 spiro atoms. The van der Waals surface area contributed by atoms with E-state index in [2.05, 4.69) is 27.9 Å². The van der Waals surface area contributed by atoms with E-state index in [1.807, 2.05) is 6.07 Å². The van der Waals surface area contributed by atoms with Crippen LogP contribution in [0.3, 0.4) is 0 Å². The summed E-state index contributed by atoms with van der Waals surface area (Å²) in [7, 11) is 0. The van der Waals surface area contributed by atoms with Gasteiger partial charge in [0.2, 0.25) is 5.91 Å². The van der Waals surface area contributed by atoms with Gasteiger partial charge in [0.1, 0.15) is 5.76 Å². The number of halogens is 2. The number of hydrogen-bond donors (Lipinski definition) is 1. The van der Waals surface area contributed by atoms with Crippen LogP contribution < -0.4 is 5.32 Å². The number of carbonyl (C=O) groups excluding carboxylic acids is 1. The van der Waals surface area contributed by atoms with E-state index in [0.717, 1.165) is 3.77 Å². The molecule has 0 atom stereocenters. The molecule has 1 heterocycles. The van der Waals surface area contributed by atoms with Crippen molar-refractivity contribution in [2.45, 2.75) is 0 Å². The molecule has 5 heteroatoms. The van der Waals surface area contributed by atoms with E-state index in [1.165, 1.54) is 6.08 Å². The van der Waals surface area contributed by atoms with Crippen LogP contribution in [0.1, 0.15) is 5.76 Å². The number of nitrogens with one attached hydrogen (secondary N) is 1. The lowest BCUT2D eigenvalue weighted by Crippen LogP contribution is -2.07. The Morgan fingerprint density at radius 1 is 1.22 bits per heavy atom. The lowest BCUT2D eigenvalue weighted by molar-refractivity contribution is -0.111. The molecule has 0 aliphatic heterocycles. The van der Waals surface area contributed by atoms with E-state index in [-0.39, 0.29) is 5.91 Å². The van der Waals surface area contributed by atoms with Gasteiger partial charge in [-0.2, -0.15) is 0 Å². The lowest BCUT2D eigenvalue weighted by atomic mass is 10.3. The molecular weight excluding hydrogens is 365 g/mol. The van der Waals surface area contributed by atoms with Crippen molar-refractivity contribution in [1.82, 2.24) is 0 Å². The second-order valence-electron chi connectivity index (χ2n) is 3.47. The Balaban J connectivity index is 1.96. The third kappa shape index (κ3) is 3.89. The van der Waals surface area contributed by atoms with Gasteiger partial charge in [0.05, 0.1) is 0 Å². The predicted octanol–water partition coefficient (Wildman–Crippen LogP) is 4.19. The topological polar surface area (TPSA) is 42.2 Å². The van der Waals surface area contributed by atoms with E-state index in [9.17, 15) is 4.79 Å². The molecule has 0 bridgehead atoms. The predicted molar refractivity (Wildman–Crippen MR) is 80.5 cm³/mol. The molecule has 1 aromatic heterocycles. The highest BCUT2D eigenvalue weighted by atomic mass is 127. The summed E-state index contributed by atoms with van der Waals surface area (Å²) in [5.41, 5.74) is 0.697. The Morgan fingerprint density at radius 3 is 2.56 bits per heavy atom. The molecule has 0 fully saturated rings. The molecular formula is C13H9ClINO2. The minimum atomic E-state index is -0.219. The summed E-state index contributed by atoms with van der Waals surface area (Å²) in [6, 6.07) is 10.5. The van der Waals surface area contributed by atoms with E-state index in [1.54, 1.807) is 36.4 Å². The van der Waals surface area contributed by atoms with Crippen molar-refractivity contribution in [3.8, 4) is 0 Å². The molecule has 0 aliphatic rings. The van der Waals surface area contributed by atoms with Crippen LogP contribution in [0.4, 0.5) is 5.69 Å². The van der Waals surface area contributed by atoms with Crippen molar-refractivity contribution in [3.63, 3.8) is 0 Å². The van der Waals surface area contributed by atoms with Gasteiger partial charge in [0, 0.05) is 16.8 Å². The number of hydrogen-bond acceptors (Lipinski definition) is 2. The van der Waals surface area contributed by atoms with E-state index in [0.29, 0.717) is 16.5 Å². The van der Waals surface area contributed by atoms with Gasteiger partial charge in [-0.15, -0.1) is 0 Å². The molecule has 0 radical (unpaired) electrons. The Labute approximate surface area is 123 Å². The Hall–Kier alpha value is -1.27. The summed E-state index contributed by atoms with van der Waals surface area (Å²) >= 11 is 7.82. The number of benzene rings is 1. The number of anilines is 1. The lowest BCUT2D eigenvalue weighted by Gasteiger charge is -2.01. The van der Waals surface area contributed by atoms with Gasteiger partial charge in [-0.3, -0.25) is 4.79 Å². The average Bonchev–Trinajstić information content (AvgIpc) is 2.76. The maximum absolute atomic E-state index is 11.6. The molecule has 2 rings (SSSR count). The second kappa shape index (κ2) is 6.06. The summed E-state index contributed by atoms with van der Waals surface area (Å²) in [5.74, 6) is 0.425. The van der Waals surface area contributed by atoms with Gasteiger partial charge in [0.25, 0.3) is 0 Å². The largest absolute Gasteiger partial charge is 0.451 e. The van der Waals surface area contributed by atoms with Crippen molar-refractivity contribution in [1.29, 1.82) is 0 Å². The van der Waals surface area contributed by atoms with Gasteiger partial charge in [-0.25, -0.2) is 0 Å². The maximum atomic E-state index is 11.6. The summed E-state index contributed by atoms with van der Waals surface area (Å²) in [6.07, 6.45) is 3.04. The van der Waals surface area contributed by atoms with Gasteiger partial charge >= 0.3 is 0 Å². The van der Waals surface area contributed by atoms with Crippen LogP contribution in [-0.4, -0.2) is 5.91 Å². The fraction of sp³-hybridized carbons (Fsp3) is 0. The molecule has 1 aromatic carbocycles. The highest BCUT2D eigenvalue weighted by molar-refractivity contribution is 14.1. The molecule has 92 valence electrons. The number of furan rings is 1. The van der Waals surface area contributed by atoms with Gasteiger partial charge in [-0.1, -0.05) is 11.6 Å². The monoisotopic (exact) mass is 373 g/mol. The first-order valence-electron chi connectivity index (χ1n) is 5.13. The van der Waals surface area contributed by atoms with E-state index in [4.69, 9.17) is 16.0 Å². The van der Waals surface area contributed by atoms with E-state index >= 15 is 0 Å². The molecule has 0 aliphatic carbocycles. The molecule has 0 saturated carbocycles. The highest BCUT2D eigenvalue weighted by Crippen LogP contribution is 2.14. The zero-order chi connectivity index (χ0) is 13.0. The van der Waals surface area contributed by atoms with Crippen molar-refractivity contribution in [3.05, 3.63) is 57.0 Å². The molecule has 2 aromatic rings. The van der Waals surface area contributed by atoms with Crippen molar-refractivity contribution < 1.29 is 9.21 Å². The first-order valence-corrected chi connectivity index (χ1v) is 6.59. The van der Waals surface area contributed by atoms with Crippen LogP contribution in [0.5, 0.6) is 0 Å². The standard InChI is InChI=1S/C13H9ClINO2/c14-9-1-3-10(4-2-9)16-13(17)8-6-11-5-7-12(15)18-11/h1-8H,(H,16,17)/b8-6+. The highest BCUT2D eigenvalue weighted by Gasteiger charge is 1.99. The van der Waals surface area contributed by atoms with Crippen molar-refractivity contribution >= 4 is 51.9 Å². The Bertz CT molecular complexity index is 575. The molecule has 0 saturated heterocycles. The third-order valence-corrected chi connectivity index (χ3v) is 2.94. The molecule has 18 heavy (non-hydrogen) atoms. The first kappa shape index (κ1) is 13.2. The minimum Gasteiger partial charge on any atom is -0.451 e. The fourth-order valence-electron chi connectivity index (χ4n) is 1.29. The smallest absolute Gasteiger partial charge is 0.248 e. The summed E-state index contributed by atoms with van der Waals surface area (Å²) in [5, 5.41) is 3.35. The van der Waals surface area contributed by atoms with Gasteiger partial charge in [-0.05, 0) is 65.1 Å². The van der Waals surface area contributed by atoms with Gasteiger partial charge < -0.3 is 9.73 Å². The van der Waals surface area contributed by atoms with Crippen LogP contribution in [0.25, 0.3) is 6.08 Å². The zero-order valence-corrected chi connectivity index (χ0v) is 12.1. The minimum absolute atomic E-state index is 0.219.